The molecular formula is C19H21N3O3. The van der Waals surface area contributed by atoms with Crippen LogP contribution in [0.3, 0.4) is 0 Å². The van der Waals surface area contributed by atoms with E-state index in [2.05, 4.69) is 9.97 Å². The topological polar surface area (TPSA) is 64.6 Å². The van der Waals surface area contributed by atoms with Gasteiger partial charge >= 0.3 is 0 Å². The van der Waals surface area contributed by atoms with Crippen LogP contribution in [0.15, 0.2) is 49.1 Å². The first kappa shape index (κ1) is 16.2. The first-order chi connectivity index (χ1) is 12.3. The second-order valence-corrected chi connectivity index (χ2v) is 6.43. The molecule has 0 aromatic carbocycles. The Bertz CT molecular complexity index is 710. The molecule has 6 nitrogen and oxygen atoms in total. The molecule has 0 N–H and O–H groups in total. The second kappa shape index (κ2) is 7.29. The molecular weight excluding hydrogens is 318 g/mol. The first-order valence-electron chi connectivity index (χ1n) is 8.66. The zero-order valence-electron chi connectivity index (χ0n) is 14.0. The van der Waals surface area contributed by atoms with Crippen LogP contribution in [-0.4, -0.2) is 52.2 Å². The Balaban J connectivity index is 1.51. The Hall–Kier alpha value is -2.31. The quantitative estimate of drug-likeness (QED) is 0.853. The molecule has 25 heavy (non-hydrogen) atoms. The highest BCUT2D eigenvalue weighted by molar-refractivity contribution is 5.94. The van der Waals surface area contributed by atoms with Gasteiger partial charge in [-0.1, -0.05) is 6.07 Å². The molecule has 6 heteroatoms. The molecule has 2 fully saturated rings. The minimum absolute atomic E-state index is 0.0218. The van der Waals surface area contributed by atoms with Gasteiger partial charge in [0.2, 0.25) is 0 Å². The van der Waals surface area contributed by atoms with E-state index < -0.39 is 0 Å². The van der Waals surface area contributed by atoms with E-state index in [9.17, 15) is 4.79 Å². The Kier molecular flexibility index (Phi) is 4.72. The molecule has 0 spiro atoms. The van der Waals surface area contributed by atoms with Crippen LogP contribution in [0, 0.1) is 0 Å². The van der Waals surface area contributed by atoms with Crippen molar-refractivity contribution >= 4 is 5.91 Å². The van der Waals surface area contributed by atoms with Crippen LogP contribution in [-0.2, 0) is 16.1 Å². The number of hydrogen-bond donors (Lipinski definition) is 0. The molecule has 0 radical (unpaired) electrons. The summed E-state index contributed by atoms with van der Waals surface area (Å²) in [6.07, 6.45) is 8.62. The lowest BCUT2D eigenvalue weighted by molar-refractivity contribution is -0.0598. The Labute approximate surface area is 146 Å². The maximum Gasteiger partial charge on any atom is 0.254 e. The lowest BCUT2D eigenvalue weighted by atomic mass is 10.1. The van der Waals surface area contributed by atoms with Crippen LogP contribution < -0.4 is 0 Å². The molecule has 0 unspecified atom stereocenters. The van der Waals surface area contributed by atoms with Crippen LogP contribution >= 0.6 is 0 Å². The zero-order chi connectivity index (χ0) is 17.1. The maximum absolute atomic E-state index is 12.9. The summed E-state index contributed by atoms with van der Waals surface area (Å²) in [5.74, 6) is 0.0218. The highest BCUT2D eigenvalue weighted by Crippen LogP contribution is 2.33. The molecule has 1 aliphatic heterocycles. The van der Waals surface area contributed by atoms with E-state index in [1.165, 1.54) is 0 Å². The number of aromatic nitrogens is 2. The largest absolute Gasteiger partial charge is 0.374 e. The lowest BCUT2D eigenvalue weighted by Crippen LogP contribution is -2.46. The van der Waals surface area contributed by atoms with E-state index in [1.807, 2.05) is 17.0 Å². The van der Waals surface area contributed by atoms with Crippen molar-refractivity contribution in [2.75, 3.05) is 13.2 Å². The van der Waals surface area contributed by atoms with Gasteiger partial charge in [-0.2, -0.15) is 0 Å². The molecule has 2 aromatic rings. The molecule has 1 amide bonds. The number of ether oxygens (including phenoxy) is 2. The summed E-state index contributed by atoms with van der Waals surface area (Å²) >= 11 is 0. The number of carbonyl (C=O) groups excluding carboxylic acids is 1. The molecule has 130 valence electrons. The number of rotatable bonds is 4. The number of nitrogens with zero attached hydrogens (tertiary/aromatic N) is 3. The predicted molar refractivity (Wildman–Crippen MR) is 90.8 cm³/mol. The van der Waals surface area contributed by atoms with Gasteiger partial charge in [-0.15, -0.1) is 0 Å². The average molecular weight is 339 g/mol. The van der Waals surface area contributed by atoms with Gasteiger partial charge in [-0.3, -0.25) is 14.8 Å². The molecule has 2 aromatic heterocycles. The van der Waals surface area contributed by atoms with Gasteiger partial charge in [-0.05, 0) is 36.6 Å². The fraction of sp³-hybridized carbons (Fsp3) is 0.421. The van der Waals surface area contributed by atoms with Gasteiger partial charge in [-0.25, -0.2) is 0 Å². The standard InChI is InChI=1S/C19H21N3O3/c23-19(15-5-8-20-9-6-15)22-10-11-24-17-4-3-16(22)18(17)25-13-14-2-1-7-21-12-14/h1-2,5-9,12,16-18H,3-4,10-11,13H2/t16-,17-,18-/m0/s1. The molecule has 2 aliphatic rings. The van der Waals surface area contributed by atoms with Gasteiger partial charge in [0.25, 0.3) is 5.91 Å². The van der Waals surface area contributed by atoms with Crippen molar-refractivity contribution in [2.45, 2.75) is 37.7 Å². The van der Waals surface area contributed by atoms with Crippen molar-refractivity contribution in [3.05, 3.63) is 60.2 Å². The van der Waals surface area contributed by atoms with Crippen molar-refractivity contribution in [1.29, 1.82) is 0 Å². The summed E-state index contributed by atoms with van der Waals surface area (Å²) in [6.45, 7) is 1.62. The van der Waals surface area contributed by atoms with Crippen molar-refractivity contribution in [1.82, 2.24) is 14.9 Å². The van der Waals surface area contributed by atoms with E-state index >= 15 is 0 Å². The van der Waals surface area contributed by atoms with E-state index in [-0.39, 0.29) is 24.2 Å². The van der Waals surface area contributed by atoms with Crippen molar-refractivity contribution in [3.8, 4) is 0 Å². The molecule has 1 saturated heterocycles. The average Bonchev–Trinajstić information content (AvgIpc) is 2.96. The summed E-state index contributed by atoms with van der Waals surface area (Å²) in [5.41, 5.74) is 1.68. The summed E-state index contributed by atoms with van der Waals surface area (Å²) in [7, 11) is 0. The summed E-state index contributed by atoms with van der Waals surface area (Å²) < 4.78 is 12.1. The molecule has 3 atom stereocenters. The molecule has 2 bridgehead atoms. The first-order valence-corrected chi connectivity index (χ1v) is 8.66. The van der Waals surface area contributed by atoms with Crippen LogP contribution in [0.2, 0.25) is 0 Å². The van der Waals surface area contributed by atoms with E-state index in [4.69, 9.17) is 9.47 Å². The van der Waals surface area contributed by atoms with Crippen LogP contribution in [0.5, 0.6) is 0 Å². The number of amides is 1. The number of hydrogen-bond acceptors (Lipinski definition) is 5. The summed E-state index contributed by atoms with van der Waals surface area (Å²) in [5, 5.41) is 0. The number of pyridine rings is 2. The van der Waals surface area contributed by atoms with Crippen LogP contribution in [0.1, 0.15) is 28.8 Å². The monoisotopic (exact) mass is 339 g/mol. The minimum atomic E-state index is -0.103. The van der Waals surface area contributed by atoms with E-state index in [1.54, 1.807) is 36.9 Å². The Morgan fingerprint density at radius 1 is 1.20 bits per heavy atom. The smallest absolute Gasteiger partial charge is 0.254 e. The van der Waals surface area contributed by atoms with E-state index in [0.717, 1.165) is 18.4 Å². The SMILES string of the molecule is O=C(c1ccncc1)N1CCO[C@H]2CC[C@H]1[C@@H]2OCc1cccnc1. The van der Waals surface area contributed by atoms with Crippen LogP contribution in [0.25, 0.3) is 0 Å². The fourth-order valence-corrected chi connectivity index (χ4v) is 3.70. The predicted octanol–water partition coefficient (Wildman–Crippen LogP) is 2.07. The summed E-state index contributed by atoms with van der Waals surface area (Å²) in [6, 6.07) is 7.45. The van der Waals surface area contributed by atoms with Crippen molar-refractivity contribution < 1.29 is 14.3 Å². The zero-order valence-corrected chi connectivity index (χ0v) is 14.0. The molecule has 4 rings (SSSR count). The Morgan fingerprint density at radius 3 is 2.88 bits per heavy atom. The Morgan fingerprint density at radius 2 is 2.08 bits per heavy atom. The molecule has 1 aliphatic carbocycles. The maximum atomic E-state index is 12.9. The third-order valence-corrected chi connectivity index (χ3v) is 4.91. The third kappa shape index (κ3) is 3.41. The molecule has 1 saturated carbocycles. The number of carbonyl (C=O) groups is 1. The van der Waals surface area contributed by atoms with E-state index in [0.29, 0.717) is 25.3 Å². The fourth-order valence-electron chi connectivity index (χ4n) is 3.70. The van der Waals surface area contributed by atoms with Gasteiger partial charge in [0.1, 0.15) is 6.10 Å². The van der Waals surface area contributed by atoms with Gasteiger partial charge in [0, 0.05) is 36.9 Å². The number of fused-ring (bicyclic) bond motifs is 2. The van der Waals surface area contributed by atoms with Crippen molar-refractivity contribution in [2.24, 2.45) is 0 Å². The van der Waals surface area contributed by atoms with Crippen LogP contribution in [0.4, 0.5) is 0 Å². The van der Waals surface area contributed by atoms with Crippen molar-refractivity contribution in [3.63, 3.8) is 0 Å². The summed E-state index contributed by atoms with van der Waals surface area (Å²) in [4.78, 5) is 23.0. The third-order valence-electron chi connectivity index (χ3n) is 4.91. The highest BCUT2D eigenvalue weighted by atomic mass is 16.5. The molecule has 3 heterocycles. The minimum Gasteiger partial charge on any atom is -0.374 e. The normalized spacial score (nSPS) is 25.6. The van der Waals surface area contributed by atoms with Gasteiger partial charge < -0.3 is 14.4 Å². The second-order valence-electron chi connectivity index (χ2n) is 6.43. The lowest BCUT2D eigenvalue weighted by Gasteiger charge is -2.31. The van der Waals surface area contributed by atoms with Gasteiger partial charge in [0.15, 0.2) is 0 Å². The highest BCUT2D eigenvalue weighted by Gasteiger charge is 2.44. The van der Waals surface area contributed by atoms with Gasteiger partial charge in [0.05, 0.1) is 25.4 Å².